The molecule has 0 atom stereocenters. The van der Waals surface area contributed by atoms with Crippen LogP contribution in [0.15, 0.2) is 36.4 Å². The molecule has 2 aromatic rings. The van der Waals surface area contributed by atoms with Gasteiger partial charge in [0, 0.05) is 8.45 Å². The van der Waals surface area contributed by atoms with Crippen molar-refractivity contribution < 1.29 is 4.79 Å². The van der Waals surface area contributed by atoms with Gasteiger partial charge in [0.05, 0.1) is 10.6 Å². The van der Waals surface area contributed by atoms with Crippen molar-refractivity contribution in [3.63, 3.8) is 0 Å². The van der Waals surface area contributed by atoms with Crippen LogP contribution in [0.4, 0.5) is 5.69 Å². The van der Waals surface area contributed by atoms with Crippen molar-refractivity contribution in [2.24, 2.45) is 0 Å². The summed E-state index contributed by atoms with van der Waals surface area (Å²) in [5.74, 6) is -0.0289. The van der Waals surface area contributed by atoms with Crippen molar-refractivity contribution in [2.75, 3.05) is 5.32 Å². The number of aryl methyl sites for hydroxylation is 1. The number of benzene rings is 1. The Hall–Kier alpha value is -0.880. The van der Waals surface area contributed by atoms with Gasteiger partial charge in [-0.25, -0.2) is 0 Å². The molecule has 1 amide bonds. The molecule has 0 unspecified atom stereocenters. The monoisotopic (exact) mass is 357 g/mol. The third-order valence-electron chi connectivity index (χ3n) is 2.36. The first kappa shape index (κ1) is 12.6. The maximum absolute atomic E-state index is 12.0. The van der Waals surface area contributed by atoms with Gasteiger partial charge in [0.2, 0.25) is 0 Å². The molecule has 1 aromatic carbocycles. The van der Waals surface area contributed by atoms with E-state index in [1.54, 1.807) is 11.3 Å². The highest BCUT2D eigenvalue weighted by Crippen LogP contribution is 2.21. The van der Waals surface area contributed by atoms with E-state index in [0.717, 1.165) is 20.6 Å². The summed E-state index contributed by atoms with van der Waals surface area (Å²) in [4.78, 5) is 14.0. The number of hydrogen-bond acceptors (Lipinski definition) is 2. The maximum Gasteiger partial charge on any atom is 0.265 e. The van der Waals surface area contributed by atoms with Crippen molar-refractivity contribution in [2.45, 2.75) is 13.3 Å². The molecular formula is C13H12INOS. The Labute approximate surface area is 118 Å². The van der Waals surface area contributed by atoms with E-state index >= 15 is 0 Å². The number of para-hydroxylation sites is 1. The van der Waals surface area contributed by atoms with Crippen LogP contribution in [0.1, 0.15) is 21.5 Å². The van der Waals surface area contributed by atoms with Crippen LogP contribution >= 0.6 is 33.9 Å². The van der Waals surface area contributed by atoms with Crippen LogP contribution in [0.5, 0.6) is 0 Å². The summed E-state index contributed by atoms with van der Waals surface area (Å²) in [6, 6.07) is 11.7. The lowest BCUT2D eigenvalue weighted by molar-refractivity contribution is 0.103. The Morgan fingerprint density at radius 2 is 2.06 bits per heavy atom. The molecule has 1 N–H and O–H groups in total. The smallest absolute Gasteiger partial charge is 0.265 e. The second kappa shape index (κ2) is 5.64. The average Bonchev–Trinajstić information content (AvgIpc) is 2.81. The Balaban J connectivity index is 2.14. The van der Waals surface area contributed by atoms with E-state index in [4.69, 9.17) is 0 Å². The van der Waals surface area contributed by atoms with E-state index in [-0.39, 0.29) is 5.91 Å². The molecule has 0 saturated heterocycles. The third kappa shape index (κ3) is 3.07. The zero-order valence-corrected chi connectivity index (χ0v) is 12.3. The second-order valence-corrected chi connectivity index (χ2v) is 5.88. The van der Waals surface area contributed by atoms with E-state index in [0.29, 0.717) is 0 Å². The van der Waals surface area contributed by atoms with Gasteiger partial charge in [-0.3, -0.25) is 4.79 Å². The molecule has 0 aliphatic heterocycles. The van der Waals surface area contributed by atoms with Gasteiger partial charge < -0.3 is 5.32 Å². The lowest BCUT2D eigenvalue weighted by Crippen LogP contribution is -2.10. The zero-order valence-electron chi connectivity index (χ0n) is 9.37. The number of amides is 1. The van der Waals surface area contributed by atoms with E-state index in [9.17, 15) is 4.79 Å². The Morgan fingerprint density at radius 1 is 1.29 bits per heavy atom. The van der Waals surface area contributed by atoms with Gasteiger partial charge in [0.1, 0.15) is 0 Å². The predicted molar refractivity (Wildman–Crippen MR) is 80.8 cm³/mol. The summed E-state index contributed by atoms with van der Waals surface area (Å²) >= 11 is 3.77. The number of rotatable bonds is 3. The molecule has 2 nitrogen and oxygen atoms in total. The molecule has 0 fully saturated rings. The van der Waals surface area contributed by atoms with Crippen molar-refractivity contribution in [3.8, 4) is 0 Å². The highest BCUT2D eigenvalue weighted by atomic mass is 127. The largest absolute Gasteiger partial charge is 0.320 e. The van der Waals surface area contributed by atoms with Crippen molar-refractivity contribution in [1.82, 2.24) is 0 Å². The standard InChI is InChI=1S/C13H12INOS/c1-2-9-7-8-12(17-9)13(16)15-11-6-4-3-5-10(11)14/h3-8H,2H2,1H3,(H,15,16). The fourth-order valence-corrected chi connectivity index (χ4v) is 2.80. The van der Waals surface area contributed by atoms with E-state index < -0.39 is 0 Å². The molecule has 0 saturated carbocycles. The van der Waals surface area contributed by atoms with Gasteiger partial charge >= 0.3 is 0 Å². The summed E-state index contributed by atoms with van der Waals surface area (Å²) in [6.45, 7) is 2.09. The topological polar surface area (TPSA) is 29.1 Å². The summed E-state index contributed by atoms with van der Waals surface area (Å²) in [7, 11) is 0. The third-order valence-corrected chi connectivity index (χ3v) is 4.52. The van der Waals surface area contributed by atoms with Gasteiger partial charge in [-0.1, -0.05) is 19.1 Å². The van der Waals surface area contributed by atoms with Crippen molar-refractivity contribution in [1.29, 1.82) is 0 Å². The van der Waals surface area contributed by atoms with E-state index in [2.05, 4.69) is 34.8 Å². The normalized spacial score (nSPS) is 10.2. The van der Waals surface area contributed by atoms with Crippen LogP contribution in [0, 0.1) is 3.57 Å². The predicted octanol–water partition coefficient (Wildman–Crippen LogP) is 4.17. The summed E-state index contributed by atoms with van der Waals surface area (Å²) in [5.41, 5.74) is 0.865. The van der Waals surface area contributed by atoms with Gasteiger partial charge in [-0.15, -0.1) is 11.3 Å². The number of carbonyl (C=O) groups is 1. The Kier molecular flexibility index (Phi) is 4.17. The fourth-order valence-electron chi connectivity index (χ4n) is 1.44. The lowest BCUT2D eigenvalue weighted by atomic mass is 10.3. The first-order chi connectivity index (χ1) is 8.20. The van der Waals surface area contributed by atoms with Crippen LogP contribution in [-0.2, 0) is 6.42 Å². The molecule has 1 heterocycles. The summed E-state index contributed by atoms with van der Waals surface area (Å²) in [6.07, 6.45) is 0.973. The fraction of sp³-hybridized carbons (Fsp3) is 0.154. The number of anilines is 1. The van der Waals surface area contributed by atoms with Crippen molar-refractivity contribution in [3.05, 3.63) is 49.7 Å². The number of halogens is 1. The molecule has 1 aromatic heterocycles. The molecule has 17 heavy (non-hydrogen) atoms. The van der Waals surface area contributed by atoms with Crippen molar-refractivity contribution >= 4 is 45.5 Å². The number of carbonyl (C=O) groups excluding carboxylic acids is 1. The highest BCUT2D eigenvalue weighted by molar-refractivity contribution is 14.1. The molecule has 0 radical (unpaired) electrons. The average molecular weight is 357 g/mol. The SMILES string of the molecule is CCc1ccc(C(=O)Nc2ccccc2I)s1. The molecule has 2 rings (SSSR count). The second-order valence-electron chi connectivity index (χ2n) is 3.55. The number of thiophene rings is 1. The molecule has 88 valence electrons. The van der Waals surface area contributed by atoms with Crippen LogP contribution in [0.3, 0.4) is 0 Å². The molecule has 4 heteroatoms. The minimum Gasteiger partial charge on any atom is -0.320 e. The van der Waals surface area contributed by atoms with Gasteiger partial charge in [-0.05, 0) is 53.3 Å². The molecule has 0 aliphatic rings. The number of hydrogen-bond donors (Lipinski definition) is 1. The van der Waals surface area contributed by atoms with Gasteiger partial charge in [-0.2, -0.15) is 0 Å². The number of nitrogens with one attached hydrogen (secondary N) is 1. The minimum absolute atomic E-state index is 0.0289. The first-order valence-electron chi connectivity index (χ1n) is 5.35. The molecule has 0 aliphatic carbocycles. The maximum atomic E-state index is 12.0. The van der Waals surface area contributed by atoms with Gasteiger partial charge in [0.25, 0.3) is 5.91 Å². The summed E-state index contributed by atoms with van der Waals surface area (Å²) < 4.78 is 1.05. The van der Waals surface area contributed by atoms with E-state index in [1.165, 1.54) is 4.88 Å². The van der Waals surface area contributed by atoms with Crippen LogP contribution in [-0.4, -0.2) is 5.91 Å². The van der Waals surface area contributed by atoms with Gasteiger partial charge in [0.15, 0.2) is 0 Å². The quantitative estimate of drug-likeness (QED) is 0.821. The van der Waals surface area contributed by atoms with Crippen LogP contribution < -0.4 is 5.32 Å². The highest BCUT2D eigenvalue weighted by Gasteiger charge is 2.10. The van der Waals surface area contributed by atoms with E-state index in [1.807, 2.05) is 36.4 Å². The van der Waals surface area contributed by atoms with Crippen LogP contribution in [0.2, 0.25) is 0 Å². The Bertz CT molecular complexity index is 536. The van der Waals surface area contributed by atoms with Crippen LogP contribution in [0.25, 0.3) is 0 Å². The Morgan fingerprint density at radius 3 is 2.71 bits per heavy atom. The molecule has 0 bridgehead atoms. The first-order valence-corrected chi connectivity index (χ1v) is 7.25. The lowest BCUT2D eigenvalue weighted by Gasteiger charge is -2.05. The zero-order chi connectivity index (χ0) is 12.3. The molecule has 0 spiro atoms. The minimum atomic E-state index is -0.0289. The summed E-state index contributed by atoms with van der Waals surface area (Å²) in [5, 5.41) is 2.93. The molecular weight excluding hydrogens is 345 g/mol.